The Morgan fingerprint density at radius 1 is 1.11 bits per heavy atom. The third-order valence-electron chi connectivity index (χ3n) is 4.28. The van der Waals surface area contributed by atoms with Crippen LogP contribution in [0.4, 0.5) is 0 Å². The average molecular weight is 377 g/mol. The highest BCUT2D eigenvalue weighted by atomic mass is 16.5. The summed E-state index contributed by atoms with van der Waals surface area (Å²) in [5.74, 6) is -1.06. The fourth-order valence-electron chi connectivity index (χ4n) is 2.73. The van der Waals surface area contributed by atoms with Gasteiger partial charge in [-0.15, -0.1) is 0 Å². The van der Waals surface area contributed by atoms with Crippen molar-refractivity contribution in [3.8, 4) is 0 Å². The molecule has 0 unspecified atom stereocenters. The Morgan fingerprint density at radius 2 is 1.86 bits per heavy atom. The largest absolute Gasteiger partial charge is 0.458 e. The lowest BCUT2D eigenvalue weighted by Crippen LogP contribution is -2.10. The van der Waals surface area contributed by atoms with E-state index in [1.54, 1.807) is 30.3 Å². The summed E-state index contributed by atoms with van der Waals surface area (Å²) in [5, 5.41) is 0.732. The van der Waals surface area contributed by atoms with Crippen LogP contribution < -0.4 is 11.4 Å². The topological polar surface area (TPSA) is 99.6 Å². The average Bonchev–Trinajstić information content (AvgIpc) is 2.70. The Hall–Kier alpha value is -3.67. The van der Waals surface area contributed by atoms with E-state index in [2.05, 4.69) is 0 Å². The molecule has 0 fully saturated rings. The maximum absolute atomic E-state index is 12.0. The first-order chi connectivity index (χ1) is 13.5. The molecule has 2 N–H and O–H groups in total. The van der Waals surface area contributed by atoms with Crippen LogP contribution in [-0.4, -0.2) is 11.9 Å². The number of carbonyl (C=O) groups is 2. The van der Waals surface area contributed by atoms with Crippen molar-refractivity contribution < 1.29 is 18.7 Å². The number of amides is 1. The summed E-state index contributed by atoms with van der Waals surface area (Å²) in [6, 6.07) is 13.4. The molecule has 3 rings (SSSR count). The number of hydrogen-bond acceptors (Lipinski definition) is 5. The zero-order valence-electron chi connectivity index (χ0n) is 15.3. The lowest BCUT2D eigenvalue weighted by molar-refractivity contribution is -0.138. The maximum atomic E-state index is 12.0. The van der Waals surface area contributed by atoms with Crippen molar-refractivity contribution in [3.63, 3.8) is 0 Å². The maximum Gasteiger partial charge on any atom is 0.336 e. The van der Waals surface area contributed by atoms with E-state index in [4.69, 9.17) is 14.9 Å². The normalized spacial score (nSPS) is 11.0. The molecule has 0 atom stereocenters. The van der Waals surface area contributed by atoms with Crippen LogP contribution in [0.3, 0.4) is 0 Å². The van der Waals surface area contributed by atoms with E-state index in [0.29, 0.717) is 16.7 Å². The van der Waals surface area contributed by atoms with Crippen LogP contribution in [0.2, 0.25) is 0 Å². The second kappa shape index (κ2) is 8.35. The first kappa shape index (κ1) is 19.1. The van der Waals surface area contributed by atoms with Gasteiger partial charge in [-0.1, -0.05) is 31.2 Å². The van der Waals surface area contributed by atoms with E-state index in [1.807, 2.05) is 25.1 Å². The van der Waals surface area contributed by atoms with Gasteiger partial charge < -0.3 is 14.9 Å². The molecular weight excluding hydrogens is 358 g/mol. The van der Waals surface area contributed by atoms with Gasteiger partial charge in [-0.25, -0.2) is 9.59 Å². The van der Waals surface area contributed by atoms with Crippen LogP contribution in [-0.2, 0) is 22.6 Å². The van der Waals surface area contributed by atoms with Gasteiger partial charge in [-0.05, 0) is 41.8 Å². The number of esters is 1. The van der Waals surface area contributed by atoms with Crippen molar-refractivity contribution >= 4 is 28.9 Å². The summed E-state index contributed by atoms with van der Waals surface area (Å²) in [6.45, 7) is 1.97. The molecule has 28 heavy (non-hydrogen) atoms. The number of ether oxygens (including phenoxy) is 1. The minimum absolute atomic E-state index is 0.0443. The van der Waals surface area contributed by atoms with Crippen molar-refractivity contribution in [2.45, 2.75) is 20.0 Å². The molecule has 0 saturated carbocycles. The fraction of sp³-hybridized carbons (Fsp3) is 0.136. The van der Waals surface area contributed by atoms with Crippen molar-refractivity contribution in [3.05, 3.63) is 87.3 Å². The van der Waals surface area contributed by atoms with E-state index in [9.17, 15) is 14.4 Å². The van der Waals surface area contributed by atoms with E-state index in [1.165, 1.54) is 12.1 Å². The quantitative estimate of drug-likeness (QED) is 0.404. The van der Waals surface area contributed by atoms with E-state index in [0.717, 1.165) is 22.9 Å². The third kappa shape index (κ3) is 4.54. The molecule has 0 aliphatic heterocycles. The molecule has 1 amide bonds. The monoisotopic (exact) mass is 377 g/mol. The van der Waals surface area contributed by atoms with Gasteiger partial charge in [-0.2, -0.15) is 0 Å². The molecule has 142 valence electrons. The van der Waals surface area contributed by atoms with Gasteiger partial charge in [0.05, 0.1) is 0 Å². The molecule has 0 saturated heterocycles. The number of rotatable bonds is 6. The van der Waals surface area contributed by atoms with E-state index in [-0.39, 0.29) is 6.61 Å². The predicted octanol–water partition coefficient (Wildman–Crippen LogP) is 3.21. The summed E-state index contributed by atoms with van der Waals surface area (Å²) >= 11 is 0. The van der Waals surface area contributed by atoms with Gasteiger partial charge in [-0.3, -0.25) is 4.79 Å². The molecule has 0 aliphatic rings. The second-order valence-corrected chi connectivity index (χ2v) is 6.20. The van der Waals surface area contributed by atoms with Crippen molar-refractivity contribution in [2.24, 2.45) is 5.73 Å². The molecule has 0 bridgehead atoms. The second-order valence-electron chi connectivity index (χ2n) is 6.20. The van der Waals surface area contributed by atoms with Crippen LogP contribution in [0.1, 0.15) is 34.0 Å². The number of hydrogen-bond donors (Lipinski definition) is 1. The molecule has 0 radical (unpaired) electrons. The van der Waals surface area contributed by atoms with Crippen molar-refractivity contribution in [1.29, 1.82) is 0 Å². The predicted molar refractivity (Wildman–Crippen MR) is 106 cm³/mol. The molecular formula is C22H19NO5. The van der Waals surface area contributed by atoms with Crippen molar-refractivity contribution in [2.75, 3.05) is 0 Å². The number of primary amides is 1. The summed E-state index contributed by atoms with van der Waals surface area (Å²) in [6.07, 6.45) is 3.67. The molecule has 1 aromatic heterocycles. The molecule has 2 aromatic carbocycles. The van der Waals surface area contributed by atoms with Crippen LogP contribution >= 0.6 is 0 Å². The Bertz CT molecular complexity index is 1110. The number of aryl methyl sites for hydroxylation is 1. The third-order valence-corrected chi connectivity index (χ3v) is 4.28. The Balaban J connectivity index is 1.70. The molecule has 0 aliphatic carbocycles. The summed E-state index contributed by atoms with van der Waals surface area (Å²) in [7, 11) is 0. The number of carbonyl (C=O) groups excluding carboxylic acids is 2. The SMILES string of the molecule is CCc1ccc2c(COC(=O)C=Cc3ccc(C(N)=O)cc3)cc(=O)oc2c1. The number of fused-ring (bicyclic) bond motifs is 1. The summed E-state index contributed by atoms with van der Waals surface area (Å²) in [4.78, 5) is 34.8. The van der Waals surface area contributed by atoms with Gasteiger partial charge in [0, 0.05) is 28.7 Å². The van der Waals surface area contributed by atoms with Crippen LogP contribution in [0, 0.1) is 0 Å². The standard InChI is InChI=1S/C22H19NO5/c1-2-14-5-9-18-17(12-21(25)28-19(18)11-14)13-27-20(24)10-6-15-3-7-16(8-4-15)22(23)26/h3-12H,2,13H2,1H3,(H2,23,26). The first-order valence-corrected chi connectivity index (χ1v) is 8.76. The van der Waals surface area contributed by atoms with E-state index < -0.39 is 17.5 Å². The molecule has 6 heteroatoms. The zero-order valence-corrected chi connectivity index (χ0v) is 15.3. The van der Waals surface area contributed by atoms with Crippen molar-refractivity contribution in [1.82, 2.24) is 0 Å². The molecule has 6 nitrogen and oxygen atoms in total. The van der Waals surface area contributed by atoms with Gasteiger partial charge in [0.25, 0.3) is 0 Å². The first-order valence-electron chi connectivity index (χ1n) is 8.76. The van der Waals surface area contributed by atoms with Gasteiger partial charge in [0.15, 0.2) is 0 Å². The number of benzene rings is 2. The van der Waals surface area contributed by atoms with Crippen LogP contribution in [0.5, 0.6) is 0 Å². The van der Waals surface area contributed by atoms with Gasteiger partial charge >= 0.3 is 11.6 Å². The minimum atomic E-state index is -0.550. The highest BCUT2D eigenvalue weighted by molar-refractivity contribution is 5.93. The van der Waals surface area contributed by atoms with E-state index >= 15 is 0 Å². The summed E-state index contributed by atoms with van der Waals surface area (Å²) in [5.41, 5.74) is 7.92. The highest BCUT2D eigenvalue weighted by Crippen LogP contribution is 2.20. The molecule has 0 spiro atoms. The van der Waals surface area contributed by atoms with Gasteiger partial charge in [0.2, 0.25) is 5.91 Å². The van der Waals surface area contributed by atoms with Crippen LogP contribution in [0.15, 0.2) is 63.8 Å². The minimum Gasteiger partial charge on any atom is -0.458 e. The Labute approximate surface area is 161 Å². The Morgan fingerprint density at radius 3 is 2.54 bits per heavy atom. The highest BCUT2D eigenvalue weighted by Gasteiger charge is 2.08. The Kier molecular flexibility index (Phi) is 5.69. The molecule has 3 aromatic rings. The smallest absolute Gasteiger partial charge is 0.336 e. The molecule has 1 heterocycles. The zero-order chi connectivity index (χ0) is 20.1. The number of nitrogens with two attached hydrogens (primary N) is 1. The summed E-state index contributed by atoms with van der Waals surface area (Å²) < 4.78 is 10.5. The van der Waals surface area contributed by atoms with Gasteiger partial charge in [0.1, 0.15) is 12.2 Å². The lowest BCUT2D eigenvalue weighted by Gasteiger charge is -2.07. The lowest BCUT2D eigenvalue weighted by atomic mass is 10.1. The van der Waals surface area contributed by atoms with Crippen LogP contribution in [0.25, 0.3) is 17.0 Å². The fourth-order valence-corrected chi connectivity index (χ4v) is 2.73.